The van der Waals surface area contributed by atoms with Crippen LogP contribution in [0.4, 0.5) is 4.79 Å². The smallest absolute Gasteiger partial charge is 0.409 e. The first-order chi connectivity index (χ1) is 9.69. The fourth-order valence-electron chi connectivity index (χ4n) is 3.41. The molecule has 4 nitrogen and oxygen atoms in total. The Morgan fingerprint density at radius 2 is 1.80 bits per heavy atom. The van der Waals surface area contributed by atoms with Gasteiger partial charge < -0.3 is 9.64 Å². The van der Waals surface area contributed by atoms with Gasteiger partial charge in [0.2, 0.25) is 0 Å². The van der Waals surface area contributed by atoms with E-state index in [9.17, 15) is 4.79 Å². The van der Waals surface area contributed by atoms with Gasteiger partial charge >= 0.3 is 6.09 Å². The SMILES string of the molecule is CCOC(=O)N1CCN(CC2(CBr)CCCCC2)CC1. The number of carbonyl (C=O) groups excluding carboxylic acids is 1. The molecular formula is C15H27BrN2O2. The summed E-state index contributed by atoms with van der Waals surface area (Å²) in [5, 5.41) is 1.11. The van der Waals surface area contributed by atoms with E-state index in [1.165, 1.54) is 38.6 Å². The van der Waals surface area contributed by atoms with Crippen molar-refractivity contribution in [3.05, 3.63) is 0 Å². The molecule has 20 heavy (non-hydrogen) atoms. The van der Waals surface area contributed by atoms with Gasteiger partial charge in [-0.15, -0.1) is 0 Å². The second-order valence-electron chi connectivity index (χ2n) is 6.16. The zero-order valence-electron chi connectivity index (χ0n) is 12.6. The average Bonchev–Trinajstić information content (AvgIpc) is 2.49. The van der Waals surface area contributed by atoms with Crippen LogP contribution in [-0.4, -0.2) is 60.6 Å². The standard InChI is InChI=1S/C15H27BrN2O2/c1-2-20-14(19)18-10-8-17(9-11-18)13-15(12-16)6-4-3-5-7-15/h2-13H2,1H3. The summed E-state index contributed by atoms with van der Waals surface area (Å²) in [4.78, 5) is 16.1. The van der Waals surface area contributed by atoms with Crippen LogP contribution in [0.5, 0.6) is 0 Å². The van der Waals surface area contributed by atoms with Crippen molar-refractivity contribution in [3.63, 3.8) is 0 Å². The molecule has 2 fully saturated rings. The monoisotopic (exact) mass is 346 g/mol. The van der Waals surface area contributed by atoms with Crippen molar-refractivity contribution in [2.45, 2.75) is 39.0 Å². The lowest BCUT2D eigenvalue weighted by atomic mass is 9.75. The van der Waals surface area contributed by atoms with Crippen LogP contribution in [0.2, 0.25) is 0 Å². The van der Waals surface area contributed by atoms with Crippen molar-refractivity contribution >= 4 is 22.0 Å². The first-order valence-corrected chi connectivity index (χ1v) is 9.01. The van der Waals surface area contributed by atoms with Crippen LogP contribution < -0.4 is 0 Å². The van der Waals surface area contributed by atoms with Crippen LogP contribution in [0.25, 0.3) is 0 Å². The molecule has 0 aromatic heterocycles. The fraction of sp³-hybridized carbons (Fsp3) is 0.933. The molecule has 0 aromatic rings. The summed E-state index contributed by atoms with van der Waals surface area (Å²) in [5.41, 5.74) is 0.463. The normalized spacial score (nSPS) is 23.6. The van der Waals surface area contributed by atoms with Crippen molar-refractivity contribution in [2.24, 2.45) is 5.41 Å². The molecule has 0 radical (unpaired) electrons. The lowest BCUT2D eigenvalue weighted by molar-refractivity contribution is 0.0583. The van der Waals surface area contributed by atoms with Gasteiger partial charge in [0, 0.05) is 38.1 Å². The molecule has 0 atom stereocenters. The lowest BCUT2D eigenvalue weighted by Crippen LogP contribution is -2.52. The van der Waals surface area contributed by atoms with Gasteiger partial charge in [0.15, 0.2) is 0 Å². The van der Waals surface area contributed by atoms with Crippen molar-refractivity contribution in [3.8, 4) is 0 Å². The van der Waals surface area contributed by atoms with Gasteiger partial charge in [0.05, 0.1) is 6.61 Å². The van der Waals surface area contributed by atoms with Gasteiger partial charge in [-0.2, -0.15) is 0 Å². The molecule has 1 saturated carbocycles. The topological polar surface area (TPSA) is 32.8 Å². The summed E-state index contributed by atoms with van der Waals surface area (Å²) in [6.45, 7) is 7.06. The molecule has 0 aromatic carbocycles. The maximum absolute atomic E-state index is 11.7. The molecule has 2 rings (SSSR count). The van der Waals surface area contributed by atoms with Gasteiger partial charge in [0.1, 0.15) is 0 Å². The summed E-state index contributed by atoms with van der Waals surface area (Å²) in [7, 11) is 0. The number of amides is 1. The number of halogens is 1. The molecule has 1 amide bonds. The molecule has 0 spiro atoms. The van der Waals surface area contributed by atoms with Crippen molar-refractivity contribution in [1.82, 2.24) is 9.80 Å². The van der Waals surface area contributed by atoms with Crippen LogP contribution in [0.3, 0.4) is 0 Å². The summed E-state index contributed by atoms with van der Waals surface area (Å²) in [5.74, 6) is 0. The van der Waals surface area contributed by atoms with E-state index in [-0.39, 0.29) is 6.09 Å². The van der Waals surface area contributed by atoms with E-state index in [0.29, 0.717) is 12.0 Å². The quantitative estimate of drug-likeness (QED) is 0.733. The van der Waals surface area contributed by atoms with E-state index in [0.717, 1.165) is 31.5 Å². The van der Waals surface area contributed by atoms with Crippen molar-refractivity contribution in [2.75, 3.05) is 44.7 Å². The third-order valence-corrected chi connectivity index (χ3v) is 5.84. The lowest BCUT2D eigenvalue weighted by Gasteiger charge is -2.42. The minimum atomic E-state index is -0.153. The maximum atomic E-state index is 11.7. The van der Waals surface area contributed by atoms with E-state index in [4.69, 9.17) is 4.74 Å². The maximum Gasteiger partial charge on any atom is 0.409 e. The fourth-order valence-corrected chi connectivity index (χ4v) is 4.15. The third-order valence-electron chi connectivity index (χ3n) is 4.66. The molecule has 1 heterocycles. The highest BCUT2D eigenvalue weighted by molar-refractivity contribution is 9.09. The number of hydrogen-bond acceptors (Lipinski definition) is 3. The van der Waals surface area contributed by atoms with Crippen molar-refractivity contribution in [1.29, 1.82) is 0 Å². The number of alkyl halides is 1. The molecule has 5 heteroatoms. The van der Waals surface area contributed by atoms with Gasteiger partial charge in [0.25, 0.3) is 0 Å². The summed E-state index contributed by atoms with van der Waals surface area (Å²) in [6, 6.07) is 0. The zero-order valence-corrected chi connectivity index (χ0v) is 14.2. The van der Waals surface area contributed by atoms with Gasteiger partial charge in [-0.1, -0.05) is 35.2 Å². The Morgan fingerprint density at radius 3 is 2.35 bits per heavy atom. The van der Waals surface area contributed by atoms with E-state index < -0.39 is 0 Å². The minimum absolute atomic E-state index is 0.153. The molecule has 0 bridgehead atoms. The first-order valence-electron chi connectivity index (χ1n) is 7.89. The largest absolute Gasteiger partial charge is 0.450 e. The molecule has 116 valence electrons. The highest BCUT2D eigenvalue weighted by atomic mass is 79.9. The average molecular weight is 347 g/mol. The van der Waals surface area contributed by atoms with Crippen LogP contribution in [0.1, 0.15) is 39.0 Å². The summed E-state index contributed by atoms with van der Waals surface area (Å²) >= 11 is 3.74. The van der Waals surface area contributed by atoms with Crippen LogP contribution in [0, 0.1) is 5.41 Å². The van der Waals surface area contributed by atoms with E-state index in [1.54, 1.807) is 0 Å². The van der Waals surface area contributed by atoms with Crippen LogP contribution in [-0.2, 0) is 4.74 Å². The molecule has 1 aliphatic heterocycles. The molecule has 1 aliphatic carbocycles. The van der Waals surface area contributed by atoms with E-state index in [1.807, 2.05) is 11.8 Å². The van der Waals surface area contributed by atoms with Crippen molar-refractivity contribution < 1.29 is 9.53 Å². The Morgan fingerprint density at radius 1 is 1.15 bits per heavy atom. The van der Waals surface area contributed by atoms with Crippen LogP contribution in [0.15, 0.2) is 0 Å². The number of ether oxygens (including phenoxy) is 1. The predicted octanol–water partition coefficient (Wildman–Crippen LogP) is 3.11. The van der Waals surface area contributed by atoms with Crippen LogP contribution >= 0.6 is 15.9 Å². The molecule has 2 aliphatic rings. The van der Waals surface area contributed by atoms with Gasteiger partial charge in [-0.05, 0) is 25.2 Å². The third kappa shape index (κ3) is 4.10. The molecule has 1 saturated heterocycles. The number of nitrogens with zero attached hydrogens (tertiary/aromatic N) is 2. The Labute approximate surface area is 130 Å². The van der Waals surface area contributed by atoms with E-state index in [2.05, 4.69) is 20.8 Å². The minimum Gasteiger partial charge on any atom is -0.450 e. The summed E-state index contributed by atoms with van der Waals surface area (Å²) < 4.78 is 5.07. The predicted molar refractivity (Wildman–Crippen MR) is 84.3 cm³/mol. The zero-order chi connectivity index (χ0) is 14.4. The summed E-state index contributed by atoms with van der Waals surface area (Å²) in [6.07, 6.45) is 6.67. The Balaban J connectivity index is 1.80. The molecular weight excluding hydrogens is 320 g/mol. The first kappa shape index (κ1) is 16.1. The second-order valence-corrected chi connectivity index (χ2v) is 6.72. The van der Waals surface area contributed by atoms with Gasteiger partial charge in [-0.3, -0.25) is 4.90 Å². The number of carbonyl (C=O) groups is 1. The highest BCUT2D eigenvalue weighted by Crippen LogP contribution is 2.38. The Kier molecular flexibility index (Phi) is 6.15. The number of piperazine rings is 1. The highest BCUT2D eigenvalue weighted by Gasteiger charge is 2.34. The molecule has 0 N–H and O–H groups in total. The number of hydrogen-bond donors (Lipinski definition) is 0. The van der Waals surface area contributed by atoms with E-state index >= 15 is 0 Å². The second kappa shape index (κ2) is 7.64. The Hall–Kier alpha value is -0.290. The number of rotatable bonds is 4. The molecule has 0 unspecified atom stereocenters. The Bertz CT molecular complexity index is 311. The van der Waals surface area contributed by atoms with Gasteiger partial charge in [-0.25, -0.2) is 4.79 Å².